The van der Waals surface area contributed by atoms with Crippen molar-refractivity contribution in [3.63, 3.8) is 0 Å². The maximum absolute atomic E-state index is 12.6. The van der Waals surface area contributed by atoms with Crippen LogP contribution in [0, 0.1) is 0 Å². The number of thiophene rings is 1. The fourth-order valence-electron chi connectivity index (χ4n) is 2.69. The van der Waals surface area contributed by atoms with Crippen molar-refractivity contribution in [2.24, 2.45) is 0 Å². The largest absolute Gasteiger partial charge is 0.342 e. The zero-order chi connectivity index (χ0) is 18.7. The highest BCUT2D eigenvalue weighted by atomic mass is 32.1. The summed E-state index contributed by atoms with van der Waals surface area (Å²) in [4.78, 5) is 30.0. The smallest absolute Gasteiger partial charge is 0.251 e. The molecule has 6 nitrogen and oxygen atoms in total. The van der Waals surface area contributed by atoms with Crippen LogP contribution in [0.4, 0.5) is 0 Å². The molecular formula is C19H20N4O2S. The molecule has 0 saturated carbocycles. The van der Waals surface area contributed by atoms with Gasteiger partial charge in [0.25, 0.3) is 5.91 Å². The third-order valence-corrected chi connectivity index (χ3v) is 5.28. The minimum absolute atomic E-state index is 0.0454. The van der Waals surface area contributed by atoms with Gasteiger partial charge >= 0.3 is 0 Å². The van der Waals surface area contributed by atoms with Gasteiger partial charge in [-0.3, -0.25) is 9.59 Å². The van der Waals surface area contributed by atoms with Crippen LogP contribution in [0.25, 0.3) is 10.4 Å². The zero-order valence-electron chi connectivity index (χ0n) is 14.9. The van der Waals surface area contributed by atoms with Gasteiger partial charge in [0.15, 0.2) is 5.78 Å². The molecule has 0 aliphatic carbocycles. The van der Waals surface area contributed by atoms with Gasteiger partial charge < -0.3 is 5.32 Å². The van der Waals surface area contributed by atoms with E-state index in [9.17, 15) is 9.59 Å². The number of aryl methyl sites for hydroxylation is 1. The molecule has 0 spiro atoms. The van der Waals surface area contributed by atoms with Crippen LogP contribution >= 0.6 is 11.3 Å². The Labute approximate surface area is 155 Å². The predicted octanol–water partition coefficient (Wildman–Crippen LogP) is 3.72. The number of Topliss-reactive ketones (excluding diaryl/α,β-unsaturated/α-hetero) is 1. The van der Waals surface area contributed by atoms with Crippen LogP contribution in [0.2, 0.25) is 0 Å². The average Bonchev–Trinajstić information content (AvgIpc) is 3.31. The van der Waals surface area contributed by atoms with E-state index in [4.69, 9.17) is 0 Å². The number of rotatable bonds is 6. The first-order valence-corrected chi connectivity index (χ1v) is 9.21. The number of hydrogen-bond acceptors (Lipinski definition) is 5. The number of carbonyl (C=O) groups excluding carboxylic acids is 2. The molecule has 2 aromatic heterocycles. The molecule has 0 bridgehead atoms. The lowest BCUT2D eigenvalue weighted by atomic mass is 10.1. The van der Waals surface area contributed by atoms with Crippen molar-refractivity contribution >= 4 is 23.0 Å². The molecule has 1 aromatic carbocycles. The summed E-state index contributed by atoms with van der Waals surface area (Å²) in [5.41, 5.74) is 1.48. The van der Waals surface area contributed by atoms with E-state index in [0.29, 0.717) is 17.0 Å². The maximum Gasteiger partial charge on any atom is 0.251 e. The normalized spacial score (nSPS) is 12.0. The fraction of sp³-hybridized carbons (Fsp3) is 0.263. The molecule has 7 heteroatoms. The molecule has 1 atom stereocenters. The highest BCUT2D eigenvalue weighted by Gasteiger charge is 2.17. The minimum Gasteiger partial charge on any atom is -0.342 e. The van der Waals surface area contributed by atoms with Crippen molar-refractivity contribution in [1.29, 1.82) is 0 Å². The van der Waals surface area contributed by atoms with Crippen LogP contribution in [0.5, 0.6) is 0 Å². The van der Waals surface area contributed by atoms with E-state index in [-0.39, 0.29) is 17.7 Å². The Bertz CT molecular complexity index is 944. The number of aromatic nitrogens is 3. The average molecular weight is 368 g/mol. The molecule has 0 radical (unpaired) electrons. The van der Waals surface area contributed by atoms with E-state index in [1.807, 2.05) is 44.2 Å². The van der Waals surface area contributed by atoms with Gasteiger partial charge in [-0.15, -0.1) is 11.3 Å². The number of benzene rings is 1. The van der Waals surface area contributed by atoms with Crippen LogP contribution in [-0.2, 0) is 6.54 Å². The number of amides is 1. The van der Waals surface area contributed by atoms with Gasteiger partial charge in [0, 0.05) is 17.0 Å². The predicted molar refractivity (Wildman–Crippen MR) is 101 cm³/mol. The van der Waals surface area contributed by atoms with Gasteiger partial charge in [0.2, 0.25) is 0 Å². The summed E-state index contributed by atoms with van der Waals surface area (Å²) in [6.45, 7) is 6.11. The Morgan fingerprint density at radius 1 is 1.27 bits per heavy atom. The highest BCUT2D eigenvalue weighted by molar-refractivity contribution is 7.17. The van der Waals surface area contributed by atoms with Gasteiger partial charge in [-0.05, 0) is 50.6 Å². The van der Waals surface area contributed by atoms with Crippen LogP contribution in [0.1, 0.15) is 52.7 Å². The molecule has 0 fully saturated rings. The first-order chi connectivity index (χ1) is 12.5. The summed E-state index contributed by atoms with van der Waals surface area (Å²) in [6.07, 6.45) is 1.49. The number of nitrogens with one attached hydrogen (secondary N) is 1. The molecule has 2 heterocycles. The summed E-state index contributed by atoms with van der Waals surface area (Å²) in [6, 6.07) is 10.9. The topological polar surface area (TPSA) is 76.9 Å². The lowest BCUT2D eigenvalue weighted by Gasteiger charge is -2.14. The standard InChI is InChI=1S/C19H20N4O2S/c1-4-23-18(20-11-21-23)12(2)22-19(25)15-7-5-6-14(10-15)17-9-8-16(26-17)13(3)24/h5-12H,4H2,1-3H3,(H,22,25)/t12-/m1/s1. The fourth-order valence-corrected chi connectivity index (χ4v) is 3.59. The first-order valence-electron chi connectivity index (χ1n) is 8.39. The SMILES string of the molecule is CCn1ncnc1[C@@H](C)NC(=O)c1cccc(-c2ccc(C(C)=O)s2)c1. The summed E-state index contributed by atoms with van der Waals surface area (Å²) in [5, 5.41) is 7.10. The van der Waals surface area contributed by atoms with E-state index < -0.39 is 0 Å². The quantitative estimate of drug-likeness (QED) is 0.673. The summed E-state index contributed by atoms with van der Waals surface area (Å²) in [5.74, 6) is 0.596. The zero-order valence-corrected chi connectivity index (χ0v) is 15.7. The van der Waals surface area contributed by atoms with E-state index in [1.54, 1.807) is 17.7 Å². The second-order valence-corrected chi connectivity index (χ2v) is 7.01. The third-order valence-electron chi connectivity index (χ3n) is 4.04. The van der Waals surface area contributed by atoms with Gasteiger partial charge in [0.1, 0.15) is 12.2 Å². The van der Waals surface area contributed by atoms with Gasteiger partial charge in [-0.2, -0.15) is 5.10 Å². The number of ketones is 1. The van der Waals surface area contributed by atoms with Gasteiger partial charge in [-0.25, -0.2) is 9.67 Å². The van der Waals surface area contributed by atoms with Gasteiger partial charge in [0.05, 0.1) is 10.9 Å². The molecule has 1 amide bonds. The Balaban J connectivity index is 1.78. The van der Waals surface area contributed by atoms with E-state index in [0.717, 1.165) is 16.3 Å². The Morgan fingerprint density at radius 2 is 2.08 bits per heavy atom. The van der Waals surface area contributed by atoms with Crippen molar-refractivity contribution in [1.82, 2.24) is 20.1 Å². The van der Waals surface area contributed by atoms with Crippen molar-refractivity contribution in [2.75, 3.05) is 0 Å². The molecule has 134 valence electrons. The Morgan fingerprint density at radius 3 is 2.77 bits per heavy atom. The third kappa shape index (κ3) is 3.72. The highest BCUT2D eigenvalue weighted by Crippen LogP contribution is 2.29. The molecule has 0 saturated heterocycles. The molecular weight excluding hydrogens is 348 g/mol. The molecule has 0 unspecified atom stereocenters. The van der Waals surface area contributed by atoms with E-state index >= 15 is 0 Å². The van der Waals surface area contributed by atoms with Crippen molar-refractivity contribution in [2.45, 2.75) is 33.4 Å². The summed E-state index contributed by atoms with van der Waals surface area (Å²) < 4.78 is 1.76. The second kappa shape index (κ2) is 7.61. The number of carbonyl (C=O) groups is 2. The first kappa shape index (κ1) is 18.0. The van der Waals surface area contributed by atoms with Crippen molar-refractivity contribution in [3.05, 3.63) is 59.0 Å². The summed E-state index contributed by atoms with van der Waals surface area (Å²) in [7, 11) is 0. The second-order valence-electron chi connectivity index (χ2n) is 5.93. The van der Waals surface area contributed by atoms with Crippen molar-refractivity contribution in [3.8, 4) is 10.4 Å². The van der Waals surface area contributed by atoms with Crippen LogP contribution < -0.4 is 5.32 Å². The molecule has 0 aliphatic rings. The monoisotopic (exact) mass is 368 g/mol. The van der Waals surface area contributed by atoms with E-state index in [2.05, 4.69) is 15.4 Å². The molecule has 3 aromatic rings. The number of hydrogen-bond donors (Lipinski definition) is 1. The minimum atomic E-state index is -0.250. The van der Waals surface area contributed by atoms with Gasteiger partial charge in [-0.1, -0.05) is 12.1 Å². The summed E-state index contributed by atoms with van der Waals surface area (Å²) >= 11 is 1.43. The molecule has 0 aliphatic heterocycles. The molecule has 1 N–H and O–H groups in total. The molecule has 26 heavy (non-hydrogen) atoms. The van der Waals surface area contributed by atoms with Crippen LogP contribution in [0.3, 0.4) is 0 Å². The van der Waals surface area contributed by atoms with Crippen LogP contribution in [-0.4, -0.2) is 26.5 Å². The Kier molecular flexibility index (Phi) is 5.27. The Hall–Kier alpha value is -2.80. The van der Waals surface area contributed by atoms with Crippen LogP contribution in [0.15, 0.2) is 42.7 Å². The lowest BCUT2D eigenvalue weighted by molar-refractivity contribution is 0.0936. The number of nitrogens with zero attached hydrogens (tertiary/aromatic N) is 3. The maximum atomic E-state index is 12.6. The molecule has 3 rings (SSSR count). The van der Waals surface area contributed by atoms with E-state index in [1.165, 1.54) is 17.7 Å². The lowest BCUT2D eigenvalue weighted by Crippen LogP contribution is -2.28. The van der Waals surface area contributed by atoms with Crippen molar-refractivity contribution < 1.29 is 9.59 Å².